The zero-order chi connectivity index (χ0) is 18.3. The summed E-state index contributed by atoms with van der Waals surface area (Å²) in [5.41, 5.74) is 3.53. The van der Waals surface area contributed by atoms with E-state index in [0.29, 0.717) is 11.1 Å². The second-order valence-corrected chi connectivity index (χ2v) is 6.20. The predicted molar refractivity (Wildman–Crippen MR) is 88.0 cm³/mol. The van der Waals surface area contributed by atoms with Gasteiger partial charge in [0.1, 0.15) is 17.8 Å². The van der Waals surface area contributed by atoms with Crippen molar-refractivity contribution >= 4 is 11.4 Å². The van der Waals surface area contributed by atoms with Gasteiger partial charge in [0.15, 0.2) is 0 Å². The predicted octanol–water partition coefficient (Wildman–Crippen LogP) is 3.04. The highest BCUT2D eigenvalue weighted by molar-refractivity contribution is 6.00. The first-order valence-corrected chi connectivity index (χ1v) is 8.12. The third-order valence-electron chi connectivity index (χ3n) is 4.48. The molecular weight excluding hydrogens is 345 g/mol. The third kappa shape index (κ3) is 2.92. The molecule has 0 saturated carbocycles. The molecule has 1 saturated heterocycles. The minimum atomic E-state index is -1.26. The molecule has 1 fully saturated rings. The van der Waals surface area contributed by atoms with Crippen LogP contribution in [0.3, 0.4) is 0 Å². The molecule has 0 spiro atoms. The number of hydrogen-bond acceptors (Lipinski definition) is 3. The van der Waals surface area contributed by atoms with Gasteiger partial charge in [-0.1, -0.05) is 6.07 Å². The Morgan fingerprint density at radius 3 is 2.92 bits per heavy atom. The summed E-state index contributed by atoms with van der Waals surface area (Å²) in [5, 5.41) is 5.40. The number of benzene rings is 1. The zero-order valence-electron chi connectivity index (χ0n) is 13.6. The monoisotopic (exact) mass is 360 g/mol. The van der Waals surface area contributed by atoms with Crippen LogP contribution < -0.4 is 5.43 Å². The Morgan fingerprint density at radius 2 is 2.08 bits per heavy atom. The van der Waals surface area contributed by atoms with Gasteiger partial charge in [0.2, 0.25) is 0 Å². The van der Waals surface area contributed by atoms with E-state index in [0.717, 1.165) is 18.2 Å². The van der Waals surface area contributed by atoms with Crippen LogP contribution in [0.2, 0.25) is 0 Å². The number of halogens is 3. The number of alkyl halides is 1. The number of rotatable bonds is 3. The Morgan fingerprint density at radius 1 is 1.23 bits per heavy atom. The Kier molecular flexibility index (Phi) is 4.12. The summed E-state index contributed by atoms with van der Waals surface area (Å²) in [6.07, 6.45) is 1.82. The lowest BCUT2D eigenvalue weighted by molar-refractivity contribution is 0.0755. The summed E-state index contributed by atoms with van der Waals surface area (Å²) >= 11 is 0. The van der Waals surface area contributed by atoms with Gasteiger partial charge < -0.3 is 0 Å². The molecule has 0 bridgehead atoms. The topological polar surface area (TPSA) is 49.6 Å². The van der Waals surface area contributed by atoms with E-state index in [-0.39, 0.29) is 18.5 Å². The fraction of sp³-hybridized carbons (Fsp3) is 0.222. The van der Waals surface area contributed by atoms with Crippen molar-refractivity contribution in [1.29, 1.82) is 0 Å². The molecular formula is C18H15F3N4O. The molecule has 1 N–H and O–H groups in total. The first-order valence-electron chi connectivity index (χ1n) is 8.12. The molecule has 2 aromatic heterocycles. The van der Waals surface area contributed by atoms with Crippen LogP contribution in [0.15, 0.2) is 48.8 Å². The molecule has 0 radical (unpaired) electrons. The van der Waals surface area contributed by atoms with Crippen LogP contribution in [0.5, 0.6) is 0 Å². The average molecular weight is 360 g/mol. The van der Waals surface area contributed by atoms with Gasteiger partial charge in [0, 0.05) is 18.2 Å². The molecule has 1 amide bonds. The van der Waals surface area contributed by atoms with Gasteiger partial charge in [-0.2, -0.15) is 5.10 Å². The van der Waals surface area contributed by atoms with Crippen LogP contribution in [0.1, 0.15) is 28.4 Å². The number of aromatic nitrogens is 2. The zero-order valence-corrected chi connectivity index (χ0v) is 13.6. The maximum Gasteiger partial charge on any atom is 0.269 e. The lowest BCUT2D eigenvalue weighted by Crippen LogP contribution is -2.42. The Labute approximate surface area is 147 Å². The van der Waals surface area contributed by atoms with Crippen molar-refractivity contribution in [3.05, 3.63) is 71.6 Å². The van der Waals surface area contributed by atoms with E-state index in [1.807, 2.05) is 0 Å². The van der Waals surface area contributed by atoms with E-state index >= 15 is 0 Å². The van der Waals surface area contributed by atoms with Crippen LogP contribution in [-0.2, 0) is 0 Å². The lowest BCUT2D eigenvalue weighted by atomic mass is 10.0. The molecule has 134 valence electrons. The van der Waals surface area contributed by atoms with Gasteiger partial charge >= 0.3 is 0 Å². The number of nitrogens with zero attached hydrogens (tertiary/aromatic N) is 3. The van der Waals surface area contributed by atoms with Gasteiger partial charge in [-0.25, -0.2) is 22.7 Å². The number of amides is 1. The molecule has 3 aromatic rings. The first-order chi connectivity index (χ1) is 12.5. The third-order valence-corrected chi connectivity index (χ3v) is 4.48. The number of pyridine rings is 1. The highest BCUT2D eigenvalue weighted by atomic mass is 19.1. The standard InChI is InChI=1S/C18H15F3N4O/c19-11-4-5-15(21)13(7-11)17-8-12(20)10-25(17)23-18(26)14-9-22-24-6-2-1-3-16(14)24/h1-7,9,12,17H,8,10H2,(H,23,26)/t12-,17+/m0/s1. The summed E-state index contributed by atoms with van der Waals surface area (Å²) < 4.78 is 43.1. The van der Waals surface area contributed by atoms with Crippen molar-refractivity contribution in [2.45, 2.75) is 18.6 Å². The van der Waals surface area contributed by atoms with Crippen molar-refractivity contribution in [2.75, 3.05) is 6.54 Å². The maximum atomic E-state index is 14.1. The van der Waals surface area contributed by atoms with Gasteiger partial charge in [0.25, 0.3) is 5.91 Å². The molecule has 0 aliphatic carbocycles. The van der Waals surface area contributed by atoms with Gasteiger partial charge in [0.05, 0.1) is 29.9 Å². The highest BCUT2D eigenvalue weighted by Gasteiger charge is 2.36. The second kappa shape index (κ2) is 6.45. The lowest BCUT2D eigenvalue weighted by Gasteiger charge is -2.25. The number of hydrogen-bond donors (Lipinski definition) is 1. The molecule has 26 heavy (non-hydrogen) atoms. The van der Waals surface area contributed by atoms with Crippen LogP contribution >= 0.6 is 0 Å². The molecule has 8 heteroatoms. The van der Waals surface area contributed by atoms with Crippen molar-refractivity contribution < 1.29 is 18.0 Å². The van der Waals surface area contributed by atoms with E-state index < -0.39 is 29.8 Å². The van der Waals surface area contributed by atoms with Crippen LogP contribution in [0.4, 0.5) is 13.2 Å². The Hall–Kier alpha value is -2.87. The van der Waals surface area contributed by atoms with E-state index in [1.54, 1.807) is 28.9 Å². The van der Waals surface area contributed by atoms with E-state index in [1.165, 1.54) is 11.2 Å². The number of nitrogens with one attached hydrogen (secondary N) is 1. The van der Waals surface area contributed by atoms with Crippen LogP contribution in [-0.4, -0.2) is 33.2 Å². The van der Waals surface area contributed by atoms with E-state index in [9.17, 15) is 18.0 Å². The van der Waals surface area contributed by atoms with Crippen molar-refractivity contribution in [2.24, 2.45) is 0 Å². The fourth-order valence-electron chi connectivity index (χ4n) is 3.27. The molecule has 1 aliphatic rings. The van der Waals surface area contributed by atoms with Gasteiger partial charge in [-0.15, -0.1) is 0 Å². The minimum Gasteiger partial charge on any atom is -0.284 e. The fourth-order valence-corrected chi connectivity index (χ4v) is 3.27. The quantitative estimate of drug-likeness (QED) is 0.781. The number of carbonyl (C=O) groups excluding carboxylic acids is 1. The normalized spacial score (nSPS) is 20.6. The van der Waals surface area contributed by atoms with Crippen LogP contribution in [0.25, 0.3) is 5.52 Å². The summed E-state index contributed by atoms with van der Waals surface area (Å²) in [7, 11) is 0. The summed E-state index contributed by atoms with van der Waals surface area (Å²) in [6.45, 7) is -0.106. The molecule has 1 aromatic carbocycles. The van der Waals surface area contributed by atoms with Crippen molar-refractivity contribution in [1.82, 2.24) is 20.0 Å². The smallest absolute Gasteiger partial charge is 0.269 e. The summed E-state index contributed by atoms with van der Waals surface area (Å²) in [4.78, 5) is 12.6. The van der Waals surface area contributed by atoms with Crippen molar-refractivity contribution in [3.8, 4) is 0 Å². The summed E-state index contributed by atoms with van der Waals surface area (Å²) in [5.74, 6) is -1.74. The number of fused-ring (bicyclic) bond motifs is 1. The van der Waals surface area contributed by atoms with Gasteiger partial charge in [-0.3, -0.25) is 10.2 Å². The molecule has 4 rings (SSSR count). The van der Waals surface area contributed by atoms with Gasteiger partial charge in [-0.05, 0) is 30.3 Å². The summed E-state index contributed by atoms with van der Waals surface area (Å²) in [6, 6.07) is 7.53. The minimum absolute atomic E-state index is 0.0188. The number of carbonyl (C=O) groups is 1. The Balaban J connectivity index is 1.61. The second-order valence-electron chi connectivity index (χ2n) is 6.20. The largest absolute Gasteiger partial charge is 0.284 e. The van der Waals surface area contributed by atoms with E-state index in [2.05, 4.69) is 10.5 Å². The molecule has 2 atom stereocenters. The van der Waals surface area contributed by atoms with E-state index in [4.69, 9.17) is 0 Å². The van der Waals surface area contributed by atoms with Crippen molar-refractivity contribution in [3.63, 3.8) is 0 Å². The molecule has 1 aliphatic heterocycles. The number of hydrazine groups is 1. The average Bonchev–Trinajstić information content (AvgIpc) is 3.20. The highest BCUT2D eigenvalue weighted by Crippen LogP contribution is 2.34. The molecule has 3 heterocycles. The molecule has 0 unspecified atom stereocenters. The Bertz CT molecular complexity index is 974. The SMILES string of the molecule is O=C(NN1C[C@@H](F)C[C@@H]1c1cc(F)ccc1F)c1cnn2ccccc12. The maximum absolute atomic E-state index is 14.1. The first kappa shape index (κ1) is 16.6. The molecule has 5 nitrogen and oxygen atoms in total. The van der Waals surface area contributed by atoms with Crippen LogP contribution in [0, 0.1) is 11.6 Å².